The molecule has 0 radical (unpaired) electrons. The number of hydrogen-bond donors (Lipinski definition) is 1. The Bertz CT molecular complexity index is 617. The van der Waals surface area contributed by atoms with Gasteiger partial charge in [-0.25, -0.2) is 0 Å². The molecule has 0 aliphatic carbocycles. The molecule has 0 fully saturated rings. The number of carbonyl (C=O) groups excluding carboxylic acids is 1. The largest absolute Gasteiger partial charge is 0.351 e. The van der Waals surface area contributed by atoms with E-state index in [2.05, 4.69) is 21.2 Å². The second-order valence-corrected chi connectivity index (χ2v) is 5.38. The Labute approximate surface area is 126 Å². The third-order valence-electron chi connectivity index (χ3n) is 2.88. The second kappa shape index (κ2) is 6.88. The molecule has 1 N–H and O–H groups in total. The van der Waals surface area contributed by atoms with E-state index in [0.717, 1.165) is 5.56 Å². The molecular weight excluding hydrogens is 316 g/mol. The summed E-state index contributed by atoms with van der Waals surface area (Å²) in [5.41, 5.74) is 2.22. The minimum Gasteiger partial charge on any atom is -0.351 e. The van der Waals surface area contributed by atoms with Crippen LogP contribution in [0.4, 0.5) is 0 Å². The molecule has 0 aromatic heterocycles. The average Bonchev–Trinajstić information content (AvgIpc) is 2.53. The van der Waals surface area contributed by atoms with Crippen LogP contribution in [0, 0.1) is 11.3 Å². The standard InChI is InChI=1S/C16H13BrN2O/c17-15(13-4-2-1-3-5-13)11-19-16(20)14-8-6-12(10-18)7-9-14/h1-9,15H,11H2,(H,19,20). The van der Waals surface area contributed by atoms with E-state index in [4.69, 9.17) is 5.26 Å². The van der Waals surface area contributed by atoms with Crippen molar-refractivity contribution in [3.63, 3.8) is 0 Å². The number of nitriles is 1. The lowest BCUT2D eigenvalue weighted by molar-refractivity contribution is 0.0954. The van der Waals surface area contributed by atoms with Crippen LogP contribution in [0.5, 0.6) is 0 Å². The molecule has 4 heteroatoms. The van der Waals surface area contributed by atoms with Crippen molar-refractivity contribution in [2.75, 3.05) is 6.54 Å². The molecule has 20 heavy (non-hydrogen) atoms. The van der Waals surface area contributed by atoms with Crippen molar-refractivity contribution in [3.05, 3.63) is 71.3 Å². The Hall–Kier alpha value is -2.12. The molecule has 1 atom stereocenters. The molecule has 0 saturated heterocycles. The van der Waals surface area contributed by atoms with Gasteiger partial charge in [-0.05, 0) is 29.8 Å². The number of alkyl halides is 1. The predicted molar refractivity (Wildman–Crippen MR) is 81.6 cm³/mol. The number of amides is 1. The molecule has 3 nitrogen and oxygen atoms in total. The van der Waals surface area contributed by atoms with E-state index in [1.54, 1.807) is 24.3 Å². The fourth-order valence-electron chi connectivity index (χ4n) is 1.76. The van der Waals surface area contributed by atoms with Crippen LogP contribution in [-0.2, 0) is 0 Å². The highest BCUT2D eigenvalue weighted by atomic mass is 79.9. The summed E-state index contributed by atoms with van der Waals surface area (Å²) in [6, 6.07) is 18.5. The molecule has 0 saturated carbocycles. The van der Waals surface area contributed by atoms with Gasteiger partial charge >= 0.3 is 0 Å². The highest BCUT2D eigenvalue weighted by Gasteiger charge is 2.10. The minimum atomic E-state index is -0.144. The van der Waals surface area contributed by atoms with Gasteiger partial charge in [0.15, 0.2) is 0 Å². The lowest BCUT2D eigenvalue weighted by Gasteiger charge is -2.11. The van der Waals surface area contributed by atoms with Crippen LogP contribution >= 0.6 is 15.9 Å². The Morgan fingerprint density at radius 2 is 1.80 bits per heavy atom. The Kier molecular flexibility index (Phi) is 4.91. The van der Waals surface area contributed by atoms with Crippen LogP contribution in [0.25, 0.3) is 0 Å². The summed E-state index contributed by atoms with van der Waals surface area (Å²) in [4.78, 5) is 12.0. The molecule has 2 rings (SSSR count). The van der Waals surface area contributed by atoms with E-state index in [1.807, 2.05) is 36.4 Å². The molecule has 0 heterocycles. The van der Waals surface area contributed by atoms with Gasteiger partial charge in [-0.1, -0.05) is 46.3 Å². The fourth-order valence-corrected chi connectivity index (χ4v) is 2.23. The number of nitrogens with one attached hydrogen (secondary N) is 1. The summed E-state index contributed by atoms with van der Waals surface area (Å²) in [5.74, 6) is -0.144. The van der Waals surface area contributed by atoms with Crippen molar-refractivity contribution < 1.29 is 4.79 Å². The number of carbonyl (C=O) groups is 1. The zero-order chi connectivity index (χ0) is 14.4. The lowest BCUT2D eigenvalue weighted by atomic mass is 10.1. The van der Waals surface area contributed by atoms with Crippen LogP contribution in [0.2, 0.25) is 0 Å². The first-order valence-corrected chi connectivity index (χ1v) is 7.09. The lowest BCUT2D eigenvalue weighted by Crippen LogP contribution is -2.26. The smallest absolute Gasteiger partial charge is 0.251 e. The SMILES string of the molecule is N#Cc1ccc(C(=O)NCC(Br)c2ccccc2)cc1. The fraction of sp³-hybridized carbons (Fsp3) is 0.125. The van der Waals surface area contributed by atoms with E-state index in [9.17, 15) is 4.79 Å². The van der Waals surface area contributed by atoms with Gasteiger partial charge in [-0.15, -0.1) is 0 Å². The molecule has 2 aromatic carbocycles. The molecule has 2 aromatic rings. The maximum Gasteiger partial charge on any atom is 0.251 e. The van der Waals surface area contributed by atoms with E-state index in [1.165, 1.54) is 0 Å². The monoisotopic (exact) mass is 328 g/mol. The molecule has 0 spiro atoms. The van der Waals surface area contributed by atoms with E-state index < -0.39 is 0 Å². The first-order chi connectivity index (χ1) is 9.70. The van der Waals surface area contributed by atoms with Gasteiger partial charge in [-0.2, -0.15) is 5.26 Å². The number of hydrogen-bond acceptors (Lipinski definition) is 2. The van der Waals surface area contributed by atoms with Gasteiger partial charge in [0, 0.05) is 12.1 Å². The molecule has 1 amide bonds. The maximum atomic E-state index is 12.0. The average molecular weight is 329 g/mol. The van der Waals surface area contributed by atoms with Crippen LogP contribution in [0.3, 0.4) is 0 Å². The third-order valence-corrected chi connectivity index (χ3v) is 3.73. The van der Waals surface area contributed by atoms with Crippen LogP contribution in [0.1, 0.15) is 26.3 Å². The van der Waals surface area contributed by atoms with E-state index in [0.29, 0.717) is 17.7 Å². The summed E-state index contributed by atoms with van der Waals surface area (Å²) >= 11 is 3.55. The van der Waals surface area contributed by atoms with Crippen molar-refractivity contribution in [2.24, 2.45) is 0 Å². The van der Waals surface area contributed by atoms with Crippen molar-refractivity contribution in [1.82, 2.24) is 5.32 Å². The first-order valence-electron chi connectivity index (χ1n) is 6.18. The minimum absolute atomic E-state index is 0.0750. The van der Waals surface area contributed by atoms with Gasteiger partial charge < -0.3 is 5.32 Å². The number of nitrogens with zero attached hydrogens (tertiary/aromatic N) is 1. The Balaban J connectivity index is 1.93. The highest BCUT2D eigenvalue weighted by molar-refractivity contribution is 9.09. The zero-order valence-electron chi connectivity index (χ0n) is 10.7. The van der Waals surface area contributed by atoms with Crippen molar-refractivity contribution in [1.29, 1.82) is 5.26 Å². The van der Waals surface area contributed by atoms with Gasteiger partial charge in [0.05, 0.1) is 16.5 Å². The maximum absolute atomic E-state index is 12.0. The van der Waals surface area contributed by atoms with Gasteiger partial charge in [0.2, 0.25) is 0 Å². The van der Waals surface area contributed by atoms with Crippen molar-refractivity contribution in [3.8, 4) is 6.07 Å². The van der Waals surface area contributed by atoms with E-state index >= 15 is 0 Å². The molecule has 100 valence electrons. The van der Waals surface area contributed by atoms with E-state index in [-0.39, 0.29) is 10.7 Å². The topological polar surface area (TPSA) is 52.9 Å². The number of rotatable bonds is 4. The molecule has 0 bridgehead atoms. The molecule has 0 aliphatic heterocycles. The van der Waals surface area contributed by atoms with Crippen LogP contribution in [-0.4, -0.2) is 12.5 Å². The summed E-state index contributed by atoms with van der Waals surface area (Å²) < 4.78 is 0. The van der Waals surface area contributed by atoms with Gasteiger partial charge in [0.25, 0.3) is 5.91 Å². The quantitative estimate of drug-likeness (QED) is 0.874. The number of benzene rings is 2. The summed E-state index contributed by atoms with van der Waals surface area (Å²) in [6.45, 7) is 0.503. The normalized spacial score (nSPS) is 11.4. The molecule has 0 aliphatic rings. The van der Waals surface area contributed by atoms with Crippen LogP contribution in [0.15, 0.2) is 54.6 Å². The summed E-state index contributed by atoms with van der Waals surface area (Å²) in [7, 11) is 0. The van der Waals surface area contributed by atoms with Crippen molar-refractivity contribution in [2.45, 2.75) is 4.83 Å². The zero-order valence-corrected chi connectivity index (χ0v) is 12.3. The number of halogens is 1. The molecular formula is C16H13BrN2O. The van der Waals surface area contributed by atoms with Crippen molar-refractivity contribution >= 4 is 21.8 Å². The predicted octanol–water partition coefficient (Wildman–Crippen LogP) is 3.42. The second-order valence-electron chi connectivity index (χ2n) is 4.28. The Morgan fingerprint density at radius 3 is 2.40 bits per heavy atom. The summed E-state index contributed by atoms with van der Waals surface area (Å²) in [5, 5.41) is 11.6. The molecule has 1 unspecified atom stereocenters. The first kappa shape index (κ1) is 14.3. The Morgan fingerprint density at radius 1 is 1.15 bits per heavy atom. The highest BCUT2D eigenvalue weighted by Crippen LogP contribution is 2.21. The van der Waals surface area contributed by atoms with Crippen LogP contribution < -0.4 is 5.32 Å². The summed E-state index contributed by atoms with van der Waals surface area (Å²) in [6.07, 6.45) is 0. The van der Waals surface area contributed by atoms with Gasteiger partial charge in [0.1, 0.15) is 0 Å². The third kappa shape index (κ3) is 3.69. The van der Waals surface area contributed by atoms with Gasteiger partial charge in [-0.3, -0.25) is 4.79 Å².